The average molecular weight is 271 g/mol. The molecule has 0 radical (unpaired) electrons. The SMILES string of the molecule is CC(=O)O.OC[C@H]1O[C@H](c2ccccn2)[C@H](O)[C@@H]1O. The molecule has 0 aromatic carbocycles. The molecule has 0 amide bonds. The van der Waals surface area contributed by atoms with Crippen LogP contribution in [0.15, 0.2) is 24.4 Å². The lowest BCUT2D eigenvalue weighted by Crippen LogP contribution is -2.32. The highest BCUT2D eigenvalue weighted by atomic mass is 16.6. The Hall–Kier alpha value is -1.54. The fourth-order valence-electron chi connectivity index (χ4n) is 1.69. The Labute approximate surface area is 110 Å². The number of nitrogens with zero attached hydrogens (tertiary/aromatic N) is 1. The van der Waals surface area contributed by atoms with Crippen molar-refractivity contribution in [3.63, 3.8) is 0 Å². The molecule has 1 aromatic heterocycles. The van der Waals surface area contributed by atoms with E-state index in [4.69, 9.17) is 19.7 Å². The summed E-state index contributed by atoms with van der Waals surface area (Å²) in [7, 11) is 0. The third kappa shape index (κ3) is 4.25. The molecule has 1 aliphatic rings. The van der Waals surface area contributed by atoms with Crippen LogP contribution in [0.3, 0.4) is 0 Å². The highest BCUT2D eigenvalue weighted by Crippen LogP contribution is 2.31. The molecule has 0 bridgehead atoms. The molecule has 106 valence electrons. The normalized spacial score (nSPS) is 29.5. The van der Waals surface area contributed by atoms with Gasteiger partial charge >= 0.3 is 0 Å². The zero-order valence-corrected chi connectivity index (χ0v) is 10.4. The Morgan fingerprint density at radius 1 is 1.37 bits per heavy atom. The number of carboxylic acid groups (broad SMARTS) is 1. The molecular weight excluding hydrogens is 254 g/mol. The Bertz CT molecular complexity index is 394. The van der Waals surface area contributed by atoms with E-state index in [0.29, 0.717) is 5.69 Å². The van der Waals surface area contributed by atoms with E-state index in [1.165, 1.54) is 0 Å². The van der Waals surface area contributed by atoms with E-state index in [2.05, 4.69) is 4.98 Å². The molecule has 0 saturated carbocycles. The van der Waals surface area contributed by atoms with Crippen molar-refractivity contribution in [1.82, 2.24) is 4.98 Å². The number of hydrogen-bond acceptors (Lipinski definition) is 6. The van der Waals surface area contributed by atoms with Gasteiger partial charge in [-0.05, 0) is 12.1 Å². The number of hydrogen-bond donors (Lipinski definition) is 4. The number of aromatic nitrogens is 1. The van der Waals surface area contributed by atoms with Crippen LogP contribution >= 0.6 is 0 Å². The van der Waals surface area contributed by atoms with Gasteiger partial charge in [0.1, 0.15) is 24.4 Å². The largest absolute Gasteiger partial charge is 0.481 e. The first-order chi connectivity index (χ1) is 8.97. The molecule has 7 heteroatoms. The molecule has 1 fully saturated rings. The lowest BCUT2D eigenvalue weighted by molar-refractivity contribution is -0.134. The Kier molecular flexibility index (Phi) is 5.84. The molecule has 4 atom stereocenters. The quantitative estimate of drug-likeness (QED) is 0.562. The average Bonchev–Trinajstić information content (AvgIpc) is 2.66. The number of aliphatic hydroxyl groups excluding tert-OH is 3. The summed E-state index contributed by atoms with van der Waals surface area (Å²) in [6, 6.07) is 5.24. The van der Waals surface area contributed by atoms with E-state index >= 15 is 0 Å². The van der Waals surface area contributed by atoms with Gasteiger partial charge in [0.2, 0.25) is 0 Å². The molecule has 7 nitrogen and oxygen atoms in total. The van der Waals surface area contributed by atoms with Crippen LogP contribution in [0.2, 0.25) is 0 Å². The summed E-state index contributed by atoms with van der Waals surface area (Å²) in [5.41, 5.74) is 0.556. The number of aliphatic carboxylic acids is 1. The van der Waals surface area contributed by atoms with Gasteiger partial charge in [-0.25, -0.2) is 0 Å². The van der Waals surface area contributed by atoms with Crippen molar-refractivity contribution in [3.8, 4) is 0 Å². The summed E-state index contributed by atoms with van der Waals surface area (Å²) in [5, 5.41) is 35.5. The van der Waals surface area contributed by atoms with E-state index in [1.54, 1.807) is 24.4 Å². The van der Waals surface area contributed by atoms with Gasteiger partial charge in [-0.15, -0.1) is 0 Å². The Morgan fingerprint density at radius 2 is 2.00 bits per heavy atom. The first kappa shape index (κ1) is 15.5. The molecule has 0 aliphatic carbocycles. The fraction of sp³-hybridized carbons (Fsp3) is 0.500. The predicted octanol–water partition coefficient (Wildman–Crippen LogP) is -0.674. The second-order valence-electron chi connectivity index (χ2n) is 4.03. The summed E-state index contributed by atoms with van der Waals surface area (Å²) >= 11 is 0. The number of carbonyl (C=O) groups is 1. The monoisotopic (exact) mass is 271 g/mol. The molecule has 4 N–H and O–H groups in total. The number of pyridine rings is 1. The van der Waals surface area contributed by atoms with Gasteiger partial charge in [0.25, 0.3) is 5.97 Å². The molecule has 1 aliphatic heterocycles. The molecule has 19 heavy (non-hydrogen) atoms. The van der Waals surface area contributed by atoms with Crippen LogP contribution in [-0.2, 0) is 9.53 Å². The van der Waals surface area contributed by atoms with Crippen molar-refractivity contribution in [1.29, 1.82) is 0 Å². The maximum absolute atomic E-state index is 9.69. The number of rotatable bonds is 2. The lowest BCUT2D eigenvalue weighted by Gasteiger charge is -2.13. The van der Waals surface area contributed by atoms with Crippen molar-refractivity contribution in [3.05, 3.63) is 30.1 Å². The van der Waals surface area contributed by atoms with Crippen LogP contribution in [0.25, 0.3) is 0 Å². The minimum absolute atomic E-state index is 0.318. The molecule has 0 unspecified atom stereocenters. The van der Waals surface area contributed by atoms with E-state index in [9.17, 15) is 10.2 Å². The topological polar surface area (TPSA) is 120 Å². The van der Waals surface area contributed by atoms with Gasteiger partial charge in [-0.1, -0.05) is 6.07 Å². The van der Waals surface area contributed by atoms with Gasteiger partial charge < -0.3 is 25.2 Å². The fourth-order valence-corrected chi connectivity index (χ4v) is 1.69. The third-order valence-corrected chi connectivity index (χ3v) is 2.52. The van der Waals surface area contributed by atoms with Crippen LogP contribution < -0.4 is 0 Å². The Balaban J connectivity index is 0.000000399. The minimum atomic E-state index is -1.07. The second kappa shape index (κ2) is 7.15. The van der Waals surface area contributed by atoms with Gasteiger partial charge in [-0.3, -0.25) is 9.78 Å². The van der Waals surface area contributed by atoms with E-state index < -0.39 is 30.4 Å². The maximum atomic E-state index is 9.69. The molecule has 1 saturated heterocycles. The Morgan fingerprint density at radius 3 is 2.42 bits per heavy atom. The third-order valence-electron chi connectivity index (χ3n) is 2.52. The van der Waals surface area contributed by atoms with Crippen molar-refractivity contribution >= 4 is 5.97 Å². The summed E-state index contributed by atoms with van der Waals surface area (Å²) in [5.74, 6) is -0.833. The van der Waals surface area contributed by atoms with Gasteiger partial charge in [0.15, 0.2) is 0 Å². The van der Waals surface area contributed by atoms with Crippen molar-refractivity contribution in [2.75, 3.05) is 6.61 Å². The summed E-state index contributed by atoms with van der Waals surface area (Å²) < 4.78 is 5.31. The highest BCUT2D eigenvalue weighted by molar-refractivity contribution is 5.62. The summed E-state index contributed by atoms with van der Waals surface area (Å²) in [4.78, 5) is 13.0. The first-order valence-electron chi connectivity index (χ1n) is 5.70. The predicted molar refractivity (Wildman–Crippen MR) is 64.3 cm³/mol. The smallest absolute Gasteiger partial charge is 0.300 e. The van der Waals surface area contributed by atoms with Crippen LogP contribution in [0.4, 0.5) is 0 Å². The van der Waals surface area contributed by atoms with Crippen LogP contribution in [0, 0.1) is 0 Å². The summed E-state index contributed by atoms with van der Waals surface area (Å²) in [6.07, 6.45) is -1.94. The van der Waals surface area contributed by atoms with Crippen LogP contribution in [0.5, 0.6) is 0 Å². The van der Waals surface area contributed by atoms with Crippen LogP contribution in [0.1, 0.15) is 18.7 Å². The van der Waals surface area contributed by atoms with Crippen molar-refractivity contribution in [2.24, 2.45) is 0 Å². The van der Waals surface area contributed by atoms with E-state index in [-0.39, 0.29) is 6.61 Å². The highest BCUT2D eigenvalue weighted by Gasteiger charge is 2.43. The molecule has 0 spiro atoms. The standard InChI is InChI=1S/C10H13NO4.C2H4O2/c12-5-7-8(13)9(14)10(15-7)6-3-1-2-4-11-6;1-2(3)4/h1-4,7-10,12-14H,5H2;1H3,(H,3,4)/t7-,8-,9-,10-;/m1./s1. The minimum Gasteiger partial charge on any atom is -0.481 e. The second-order valence-corrected chi connectivity index (χ2v) is 4.03. The first-order valence-corrected chi connectivity index (χ1v) is 5.70. The van der Waals surface area contributed by atoms with Crippen molar-refractivity contribution in [2.45, 2.75) is 31.3 Å². The zero-order chi connectivity index (χ0) is 14.4. The molecule has 1 aromatic rings. The maximum Gasteiger partial charge on any atom is 0.300 e. The number of carboxylic acids is 1. The van der Waals surface area contributed by atoms with Gasteiger partial charge in [-0.2, -0.15) is 0 Å². The lowest BCUT2D eigenvalue weighted by atomic mass is 10.1. The van der Waals surface area contributed by atoms with Crippen molar-refractivity contribution < 1.29 is 30.0 Å². The van der Waals surface area contributed by atoms with Crippen LogP contribution in [-0.4, -0.2) is 56.3 Å². The molecular formula is C12H17NO6. The van der Waals surface area contributed by atoms with E-state index in [1.807, 2.05) is 0 Å². The number of ether oxygens (including phenoxy) is 1. The van der Waals surface area contributed by atoms with E-state index in [0.717, 1.165) is 6.92 Å². The zero-order valence-electron chi connectivity index (χ0n) is 10.4. The molecule has 2 rings (SSSR count). The number of aliphatic hydroxyl groups is 3. The van der Waals surface area contributed by atoms with Gasteiger partial charge in [0, 0.05) is 13.1 Å². The van der Waals surface area contributed by atoms with Gasteiger partial charge in [0.05, 0.1) is 12.3 Å². The molecule has 2 heterocycles. The summed E-state index contributed by atoms with van der Waals surface area (Å²) in [6.45, 7) is 0.765.